The number of nitrogens with one attached hydrogen (secondary N) is 1. The van der Waals surface area contributed by atoms with Gasteiger partial charge in [-0.2, -0.15) is 5.26 Å². The van der Waals surface area contributed by atoms with Crippen LogP contribution in [0.15, 0.2) is 53.6 Å². The van der Waals surface area contributed by atoms with Gasteiger partial charge in [0.1, 0.15) is 11.1 Å². The smallest absolute Gasteiger partial charge is 0.236 e. The zero-order valence-electron chi connectivity index (χ0n) is 15.1. The number of anilines is 1. The van der Waals surface area contributed by atoms with Gasteiger partial charge < -0.3 is 5.32 Å². The maximum absolute atomic E-state index is 12.3. The summed E-state index contributed by atoms with van der Waals surface area (Å²) in [7, 11) is 0. The number of carbonyl (C=O) groups is 1. The van der Waals surface area contributed by atoms with Gasteiger partial charge in [-0.05, 0) is 42.3 Å². The van der Waals surface area contributed by atoms with E-state index in [4.69, 9.17) is 0 Å². The molecule has 0 aliphatic rings. The van der Waals surface area contributed by atoms with Crippen LogP contribution in [0.2, 0.25) is 0 Å². The van der Waals surface area contributed by atoms with Crippen LogP contribution < -0.4 is 5.32 Å². The molecular formula is C21H16N4OS2. The van der Waals surface area contributed by atoms with E-state index in [1.54, 1.807) is 0 Å². The molecule has 7 heteroatoms. The van der Waals surface area contributed by atoms with Crippen molar-refractivity contribution >= 4 is 55.3 Å². The molecule has 0 atom stereocenters. The summed E-state index contributed by atoms with van der Waals surface area (Å²) in [5, 5.41) is 14.4. The van der Waals surface area contributed by atoms with Gasteiger partial charge in [-0.3, -0.25) is 4.79 Å². The number of aromatic nitrogens is 2. The minimum Gasteiger partial charge on any atom is -0.301 e. The zero-order chi connectivity index (χ0) is 19.5. The number of hydrogen-bond donors (Lipinski definition) is 1. The van der Waals surface area contributed by atoms with Gasteiger partial charge in [0, 0.05) is 5.39 Å². The molecule has 0 aliphatic carbocycles. The van der Waals surface area contributed by atoms with Gasteiger partial charge in [-0.25, -0.2) is 9.97 Å². The Bertz CT molecular complexity index is 1190. The molecule has 1 N–H and O–H groups in total. The lowest BCUT2D eigenvalue weighted by molar-refractivity contribution is -0.113. The van der Waals surface area contributed by atoms with E-state index >= 15 is 0 Å². The number of pyridine rings is 1. The molecule has 0 fully saturated rings. The van der Waals surface area contributed by atoms with Crippen LogP contribution in [0.3, 0.4) is 0 Å². The summed E-state index contributed by atoms with van der Waals surface area (Å²) in [5.74, 6) is -0.00736. The maximum Gasteiger partial charge on any atom is 0.236 e. The van der Waals surface area contributed by atoms with Gasteiger partial charge >= 0.3 is 0 Å². The number of aryl methyl sites for hydroxylation is 1. The topological polar surface area (TPSA) is 78.7 Å². The lowest BCUT2D eigenvalue weighted by Crippen LogP contribution is -2.14. The van der Waals surface area contributed by atoms with Gasteiger partial charge in [0.05, 0.1) is 27.0 Å². The maximum atomic E-state index is 12.3. The molecule has 4 rings (SSSR count). The number of benzene rings is 2. The number of amides is 1. The van der Waals surface area contributed by atoms with E-state index in [2.05, 4.69) is 34.3 Å². The predicted octanol–water partition coefficient (Wildman–Crippen LogP) is 5.01. The molecule has 28 heavy (non-hydrogen) atoms. The first-order valence-corrected chi connectivity index (χ1v) is 10.6. The average Bonchev–Trinajstić information content (AvgIpc) is 3.13. The molecule has 1 amide bonds. The van der Waals surface area contributed by atoms with Crippen molar-refractivity contribution in [3.63, 3.8) is 0 Å². The number of fused-ring (bicyclic) bond motifs is 2. The van der Waals surface area contributed by atoms with E-state index in [0.29, 0.717) is 15.7 Å². The molecule has 0 saturated heterocycles. The number of thiazole rings is 1. The number of rotatable bonds is 5. The number of nitrogens with zero attached hydrogens (tertiary/aromatic N) is 3. The molecular weight excluding hydrogens is 388 g/mol. The molecule has 0 spiro atoms. The summed E-state index contributed by atoms with van der Waals surface area (Å²) in [6.45, 7) is 2.09. The fraction of sp³-hybridized carbons (Fsp3) is 0.143. The fourth-order valence-corrected chi connectivity index (χ4v) is 4.48. The summed E-state index contributed by atoms with van der Waals surface area (Å²) in [4.78, 5) is 21.3. The summed E-state index contributed by atoms with van der Waals surface area (Å²) in [6.07, 6.45) is 0.931. The number of carbonyl (C=O) groups excluding carboxylic acids is 1. The van der Waals surface area contributed by atoms with Crippen LogP contribution in [0.1, 0.15) is 18.1 Å². The number of nitriles is 1. The second-order valence-corrected chi connectivity index (χ2v) is 8.15. The largest absolute Gasteiger partial charge is 0.301 e. The molecule has 2 aromatic carbocycles. The van der Waals surface area contributed by atoms with Crippen molar-refractivity contribution in [1.82, 2.24) is 9.97 Å². The third-order valence-corrected chi connectivity index (χ3v) is 6.20. The quantitative estimate of drug-likeness (QED) is 0.473. The molecule has 4 aromatic rings. The van der Waals surface area contributed by atoms with Crippen LogP contribution in [0.25, 0.3) is 21.1 Å². The van der Waals surface area contributed by atoms with E-state index in [9.17, 15) is 10.1 Å². The molecule has 0 aliphatic heterocycles. The van der Waals surface area contributed by atoms with Crippen LogP contribution in [0.5, 0.6) is 0 Å². The van der Waals surface area contributed by atoms with Crippen LogP contribution in [-0.2, 0) is 11.2 Å². The first kappa shape index (κ1) is 18.4. The Hall–Kier alpha value is -2.95. The molecule has 0 bridgehead atoms. The first-order chi connectivity index (χ1) is 13.7. The highest BCUT2D eigenvalue weighted by Gasteiger charge is 2.12. The van der Waals surface area contributed by atoms with Crippen molar-refractivity contribution in [1.29, 1.82) is 5.26 Å². The third-order valence-electron chi connectivity index (χ3n) is 4.25. The Morgan fingerprint density at radius 3 is 2.82 bits per heavy atom. The number of hydrogen-bond acceptors (Lipinski definition) is 6. The average molecular weight is 405 g/mol. The normalized spacial score (nSPS) is 10.9. The highest BCUT2D eigenvalue weighted by molar-refractivity contribution is 8.00. The van der Waals surface area contributed by atoms with E-state index in [1.807, 2.05) is 42.5 Å². The van der Waals surface area contributed by atoms with Gasteiger partial charge in [-0.1, -0.05) is 48.2 Å². The Balaban J connectivity index is 1.49. The molecule has 0 radical (unpaired) electrons. The molecule has 2 heterocycles. The van der Waals surface area contributed by atoms with Crippen molar-refractivity contribution in [2.45, 2.75) is 18.4 Å². The molecule has 138 valence electrons. The SMILES string of the molecule is CCc1ccc2nc(SCC(=O)Nc3nc4ccccc4s3)c(C#N)cc2c1. The minimum atomic E-state index is -0.170. The van der Waals surface area contributed by atoms with E-state index in [0.717, 1.165) is 27.5 Å². The lowest BCUT2D eigenvalue weighted by Gasteiger charge is -2.07. The van der Waals surface area contributed by atoms with Gasteiger partial charge in [0.25, 0.3) is 0 Å². The summed E-state index contributed by atoms with van der Waals surface area (Å²) < 4.78 is 1.03. The van der Waals surface area contributed by atoms with Crippen molar-refractivity contribution in [3.8, 4) is 6.07 Å². The minimum absolute atomic E-state index is 0.163. The second-order valence-electron chi connectivity index (χ2n) is 6.16. The van der Waals surface area contributed by atoms with E-state index in [1.165, 1.54) is 28.7 Å². The van der Waals surface area contributed by atoms with Crippen molar-refractivity contribution in [2.24, 2.45) is 0 Å². The second kappa shape index (κ2) is 7.97. The van der Waals surface area contributed by atoms with E-state index < -0.39 is 0 Å². The van der Waals surface area contributed by atoms with Crippen molar-refractivity contribution in [2.75, 3.05) is 11.1 Å². The van der Waals surface area contributed by atoms with Crippen LogP contribution in [-0.4, -0.2) is 21.6 Å². The summed E-state index contributed by atoms with van der Waals surface area (Å²) in [6, 6.07) is 17.8. The zero-order valence-corrected chi connectivity index (χ0v) is 16.7. The Kier molecular flexibility index (Phi) is 5.24. The van der Waals surface area contributed by atoms with Crippen molar-refractivity contribution in [3.05, 3.63) is 59.7 Å². The van der Waals surface area contributed by atoms with Crippen LogP contribution in [0, 0.1) is 11.3 Å². The van der Waals surface area contributed by atoms with Gasteiger partial charge in [-0.15, -0.1) is 0 Å². The van der Waals surface area contributed by atoms with Gasteiger partial charge in [0.2, 0.25) is 5.91 Å². The summed E-state index contributed by atoms with van der Waals surface area (Å²) >= 11 is 2.70. The molecule has 2 aromatic heterocycles. The van der Waals surface area contributed by atoms with Crippen LogP contribution >= 0.6 is 23.1 Å². The standard InChI is InChI=1S/C21H16N4OS2/c1-2-13-7-8-16-14(9-13)10-15(11-22)20(23-16)27-12-19(26)25-21-24-17-5-3-4-6-18(17)28-21/h3-10H,2,12H2,1H3,(H,24,25,26). The Morgan fingerprint density at radius 2 is 2.04 bits per heavy atom. The number of thioether (sulfide) groups is 1. The first-order valence-electron chi connectivity index (χ1n) is 8.78. The highest BCUT2D eigenvalue weighted by atomic mass is 32.2. The predicted molar refractivity (Wildman–Crippen MR) is 115 cm³/mol. The van der Waals surface area contributed by atoms with Crippen LogP contribution in [0.4, 0.5) is 5.13 Å². The fourth-order valence-electron chi connectivity index (χ4n) is 2.83. The summed E-state index contributed by atoms with van der Waals surface area (Å²) in [5.41, 5.74) is 3.38. The van der Waals surface area contributed by atoms with E-state index in [-0.39, 0.29) is 11.7 Å². The highest BCUT2D eigenvalue weighted by Crippen LogP contribution is 2.27. The third kappa shape index (κ3) is 3.84. The Morgan fingerprint density at radius 1 is 1.18 bits per heavy atom. The monoisotopic (exact) mass is 404 g/mol. The molecule has 0 saturated carbocycles. The van der Waals surface area contributed by atoms with Crippen molar-refractivity contribution < 1.29 is 4.79 Å². The number of para-hydroxylation sites is 1. The van der Waals surface area contributed by atoms with Gasteiger partial charge in [0.15, 0.2) is 5.13 Å². The Labute approximate surface area is 170 Å². The molecule has 5 nitrogen and oxygen atoms in total. The molecule has 0 unspecified atom stereocenters. The lowest BCUT2D eigenvalue weighted by atomic mass is 10.1.